The van der Waals surface area contributed by atoms with Crippen LogP contribution in [0.15, 0.2) is 24.3 Å². The Morgan fingerprint density at radius 2 is 2.15 bits per heavy atom. The summed E-state index contributed by atoms with van der Waals surface area (Å²) in [5.41, 5.74) is 0.0225. The van der Waals surface area contributed by atoms with Gasteiger partial charge in [0.1, 0.15) is 11.8 Å². The summed E-state index contributed by atoms with van der Waals surface area (Å²) in [6, 6.07) is 5.12. The molecule has 0 aromatic heterocycles. The molecule has 20 heavy (non-hydrogen) atoms. The van der Waals surface area contributed by atoms with E-state index in [2.05, 4.69) is 10.1 Å². The summed E-state index contributed by atoms with van der Waals surface area (Å²) in [5, 5.41) is 2.63. The topological polar surface area (TPSA) is 58.6 Å². The average Bonchev–Trinajstić information content (AvgIpc) is 2.41. The molecule has 1 atom stereocenters. The monoisotopic (exact) mass is 284 g/mol. The van der Waals surface area contributed by atoms with Gasteiger partial charge in [0.2, 0.25) is 5.91 Å². The number of carbonyl (C=O) groups is 2. The molecule has 1 unspecified atom stereocenters. The first-order valence-corrected chi connectivity index (χ1v) is 6.13. The molecule has 1 aromatic carbocycles. The molecule has 108 valence electrons. The Labute approximate surface area is 114 Å². The van der Waals surface area contributed by atoms with Gasteiger partial charge in [0.05, 0.1) is 5.56 Å². The molecule has 1 N–H and O–H groups in total. The van der Waals surface area contributed by atoms with Crippen molar-refractivity contribution in [3.05, 3.63) is 29.8 Å². The Morgan fingerprint density at radius 3 is 2.85 bits per heavy atom. The number of alkyl halides is 2. The molecule has 1 aliphatic rings. The molecular weight excluding hydrogens is 270 g/mol. The molecular formula is C13H14F2N2O3. The molecule has 0 radical (unpaired) electrons. The number of nitrogens with one attached hydrogen (secondary N) is 1. The third-order valence-electron chi connectivity index (χ3n) is 3.09. The number of piperazine rings is 1. The highest BCUT2D eigenvalue weighted by molar-refractivity contribution is 6.00. The molecule has 7 heteroatoms. The van der Waals surface area contributed by atoms with Crippen molar-refractivity contribution in [3.63, 3.8) is 0 Å². The average molecular weight is 284 g/mol. The minimum Gasteiger partial charge on any atom is -0.434 e. The molecule has 0 bridgehead atoms. The SMILES string of the molecule is CC1C(=O)NCCN1C(=O)c1ccccc1OC(F)F. The van der Waals surface area contributed by atoms with Crippen LogP contribution in [-0.2, 0) is 4.79 Å². The second-order valence-electron chi connectivity index (χ2n) is 4.34. The number of para-hydroxylation sites is 1. The van der Waals surface area contributed by atoms with Gasteiger partial charge in [-0.3, -0.25) is 9.59 Å². The summed E-state index contributed by atoms with van der Waals surface area (Å²) in [6.45, 7) is -0.754. The Bertz CT molecular complexity index is 522. The van der Waals surface area contributed by atoms with Crippen molar-refractivity contribution in [2.24, 2.45) is 0 Å². The maximum Gasteiger partial charge on any atom is 0.387 e. The van der Waals surface area contributed by atoms with E-state index >= 15 is 0 Å². The van der Waals surface area contributed by atoms with Crippen molar-refractivity contribution in [2.75, 3.05) is 13.1 Å². The van der Waals surface area contributed by atoms with Gasteiger partial charge in [-0.15, -0.1) is 0 Å². The van der Waals surface area contributed by atoms with E-state index in [1.807, 2.05) is 0 Å². The van der Waals surface area contributed by atoms with Crippen LogP contribution in [0.2, 0.25) is 0 Å². The summed E-state index contributed by atoms with van der Waals surface area (Å²) >= 11 is 0. The number of ether oxygens (including phenoxy) is 1. The molecule has 1 aliphatic heterocycles. The van der Waals surface area contributed by atoms with Gasteiger partial charge in [0, 0.05) is 13.1 Å². The molecule has 0 saturated carbocycles. The Kier molecular flexibility index (Phi) is 4.16. The highest BCUT2D eigenvalue weighted by atomic mass is 19.3. The van der Waals surface area contributed by atoms with E-state index in [0.29, 0.717) is 13.1 Å². The molecule has 2 rings (SSSR count). The van der Waals surface area contributed by atoms with E-state index in [1.165, 1.54) is 23.1 Å². The normalized spacial score (nSPS) is 18.9. The predicted octanol–water partition coefficient (Wildman–Crippen LogP) is 1.25. The maximum absolute atomic E-state index is 12.4. The van der Waals surface area contributed by atoms with Crippen LogP contribution >= 0.6 is 0 Å². The number of carbonyl (C=O) groups excluding carboxylic acids is 2. The largest absolute Gasteiger partial charge is 0.434 e. The van der Waals surface area contributed by atoms with Gasteiger partial charge in [-0.1, -0.05) is 12.1 Å². The van der Waals surface area contributed by atoms with Crippen molar-refractivity contribution < 1.29 is 23.1 Å². The molecule has 1 fully saturated rings. The van der Waals surface area contributed by atoms with E-state index in [9.17, 15) is 18.4 Å². The van der Waals surface area contributed by atoms with Crippen molar-refractivity contribution >= 4 is 11.8 Å². The number of nitrogens with zero attached hydrogens (tertiary/aromatic N) is 1. The first-order valence-electron chi connectivity index (χ1n) is 6.13. The summed E-state index contributed by atoms with van der Waals surface area (Å²) in [7, 11) is 0. The summed E-state index contributed by atoms with van der Waals surface area (Å²) in [5.74, 6) is -0.953. The fraction of sp³-hybridized carbons (Fsp3) is 0.385. The lowest BCUT2D eigenvalue weighted by atomic mass is 10.1. The number of benzene rings is 1. The van der Waals surface area contributed by atoms with E-state index in [-0.39, 0.29) is 17.2 Å². The van der Waals surface area contributed by atoms with Crippen LogP contribution in [0.5, 0.6) is 5.75 Å². The van der Waals surface area contributed by atoms with Gasteiger partial charge in [-0.25, -0.2) is 0 Å². The second-order valence-corrected chi connectivity index (χ2v) is 4.34. The Morgan fingerprint density at radius 1 is 1.45 bits per heavy atom. The maximum atomic E-state index is 12.4. The summed E-state index contributed by atoms with van der Waals surface area (Å²) < 4.78 is 29.0. The van der Waals surface area contributed by atoms with Crippen LogP contribution < -0.4 is 10.1 Å². The number of hydrogen-bond acceptors (Lipinski definition) is 3. The zero-order valence-electron chi connectivity index (χ0n) is 10.8. The van der Waals surface area contributed by atoms with Crippen LogP contribution in [0.3, 0.4) is 0 Å². The first kappa shape index (κ1) is 14.2. The van der Waals surface area contributed by atoms with Crippen molar-refractivity contribution in [3.8, 4) is 5.75 Å². The van der Waals surface area contributed by atoms with Gasteiger partial charge < -0.3 is 15.0 Å². The van der Waals surface area contributed by atoms with Crippen LogP contribution in [0.25, 0.3) is 0 Å². The number of hydrogen-bond donors (Lipinski definition) is 1. The van der Waals surface area contributed by atoms with Gasteiger partial charge >= 0.3 is 6.61 Å². The molecule has 0 aliphatic carbocycles. The minimum absolute atomic E-state index is 0.0225. The van der Waals surface area contributed by atoms with Crippen LogP contribution in [0.1, 0.15) is 17.3 Å². The Balaban J connectivity index is 2.26. The Hall–Kier alpha value is -2.18. The fourth-order valence-corrected chi connectivity index (χ4v) is 2.06. The summed E-state index contributed by atoms with van der Waals surface area (Å²) in [6.07, 6.45) is 0. The highest BCUT2D eigenvalue weighted by Crippen LogP contribution is 2.23. The standard InChI is InChI=1S/C13H14F2N2O3/c1-8-11(18)16-6-7-17(8)12(19)9-4-2-3-5-10(9)20-13(14)15/h2-5,8,13H,6-7H2,1H3,(H,16,18). The van der Waals surface area contributed by atoms with Crippen molar-refractivity contribution in [2.45, 2.75) is 19.6 Å². The fourth-order valence-electron chi connectivity index (χ4n) is 2.06. The zero-order chi connectivity index (χ0) is 14.7. The third kappa shape index (κ3) is 2.87. The number of rotatable bonds is 3. The lowest BCUT2D eigenvalue weighted by Gasteiger charge is -2.33. The van der Waals surface area contributed by atoms with E-state index in [4.69, 9.17) is 0 Å². The predicted molar refractivity (Wildman–Crippen MR) is 66.6 cm³/mol. The highest BCUT2D eigenvalue weighted by Gasteiger charge is 2.31. The first-order chi connectivity index (χ1) is 9.50. The van der Waals surface area contributed by atoms with Crippen molar-refractivity contribution in [1.82, 2.24) is 10.2 Å². The quantitative estimate of drug-likeness (QED) is 0.908. The lowest BCUT2D eigenvalue weighted by molar-refractivity contribution is -0.127. The summed E-state index contributed by atoms with van der Waals surface area (Å²) in [4.78, 5) is 25.3. The van der Waals surface area contributed by atoms with E-state index in [1.54, 1.807) is 13.0 Å². The minimum atomic E-state index is -3.01. The molecule has 5 nitrogen and oxygen atoms in total. The van der Waals surface area contributed by atoms with Gasteiger partial charge in [0.15, 0.2) is 0 Å². The smallest absolute Gasteiger partial charge is 0.387 e. The van der Waals surface area contributed by atoms with Crippen molar-refractivity contribution in [1.29, 1.82) is 0 Å². The lowest BCUT2D eigenvalue weighted by Crippen LogP contribution is -2.55. The zero-order valence-corrected chi connectivity index (χ0v) is 10.8. The molecule has 1 heterocycles. The molecule has 1 saturated heterocycles. The van der Waals surface area contributed by atoms with Gasteiger partial charge in [0.25, 0.3) is 5.91 Å². The number of amides is 2. The molecule has 1 aromatic rings. The number of halogens is 2. The van der Waals surface area contributed by atoms with Crippen LogP contribution in [-0.4, -0.2) is 42.5 Å². The van der Waals surface area contributed by atoms with E-state index < -0.39 is 18.6 Å². The van der Waals surface area contributed by atoms with E-state index in [0.717, 1.165) is 0 Å². The third-order valence-corrected chi connectivity index (χ3v) is 3.09. The van der Waals surface area contributed by atoms with Crippen LogP contribution in [0.4, 0.5) is 8.78 Å². The van der Waals surface area contributed by atoms with Gasteiger partial charge in [-0.05, 0) is 19.1 Å². The molecule has 0 spiro atoms. The van der Waals surface area contributed by atoms with Gasteiger partial charge in [-0.2, -0.15) is 8.78 Å². The second kappa shape index (κ2) is 5.85. The van der Waals surface area contributed by atoms with Crippen LogP contribution in [0, 0.1) is 0 Å². The molecule has 2 amide bonds.